The first-order valence-corrected chi connectivity index (χ1v) is 10.8. The van der Waals surface area contributed by atoms with E-state index in [1.807, 2.05) is 16.9 Å². The van der Waals surface area contributed by atoms with Crippen molar-refractivity contribution in [2.24, 2.45) is 5.92 Å². The first-order valence-electron chi connectivity index (χ1n) is 10.8. The van der Waals surface area contributed by atoms with Gasteiger partial charge in [-0.2, -0.15) is 5.10 Å². The molecule has 0 saturated carbocycles. The molecule has 6 nitrogen and oxygen atoms in total. The second kappa shape index (κ2) is 10.8. The first kappa shape index (κ1) is 20.3. The summed E-state index contributed by atoms with van der Waals surface area (Å²) in [5, 5.41) is 4.23. The summed E-state index contributed by atoms with van der Waals surface area (Å²) in [4.78, 5) is 17.8. The van der Waals surface area contributed by atoms with Crippen LogP contribution in [0, 0.1) is 5.92 Å². The molecule has 0 radical (unpaired) electrons. The zero-order valence-corrected chi connectivity index (χ0v) is 16.9. The van der Waals surface area contributed by atoms with Gasteiger partial charge in [-0.15, -0.1) is 0 Å². The first-order chi connectivity index (χ1) is 13.3. The fourth-order valence-electron chi connectivity index (χ4n) is 4.77. The van der Waals surface area contributed by atoms with Gasteiger partial charge in [0.05, 0.1) is 0 Å². The van der Waals surface area contributed by atoms with Crippen molar-refractivity contribution in [3.63, 3.8) is 0 Å². The van der Waals surface area contributed by atoms with E-state index in [1.54, 1.807) is 13.3 Å². The van der Waals surface area contributed by atoms with Gasteiger partial charge in [-0.3, -0.25) is 9.48 Å². The lowest BCUT2D eigenvalue weighted by molar-refractivity contribution is -0.133. The number of piperidine rings is 2. The van der Waals surface area contributed by atoms with Gasteiger partial charge in [0.1, 0.15) is 0 Å². The van der Waals surface area contributed by atoms with Crippen LogP contribution in [-0.4, -0.2) is 71.4 Å². The third-order valence-electron chi connectivity index (χ3n) is 6.15. The predicted molar refractivity (Wildman–Crippen MR) is 106 cm³/mol. The van der Waals surface area contributed by atoms with Crippen LogP contribution in [0.1, 0.15) is 51.4 Å². The summed E-state index contributed by atoms with van der Waals surface area (Å²) in [6.45, 7) is 5.77. The molecule has 2 aliphatic heterocycles. The number of ether oxygens (including phenoxy) is 1. The largest absolute Gasteiger partial charge is 0.385 e. The highest BCUT2D eigenvalue weighted by atomic mass is 16.5. The second-order valence-corrected chi connectivity index (χ2v) is 8.06. The van der Waals surface area contributed by atoms with E-state index in [-0.39, 0.29) is 0 Å². The summed E-state index contributed by atoms with van der Waals surface area (Å²) in [5.74, 6) is 0.933. The number of hydrogen-bond acceptors (Lipinski definition) is 4. The number of methoxy groups -OCH3 is 1. The van der Waals surface area contributed by atoms with Crippen LogP contribution in [0.5, 0.6) is 0 Å². The van der Waals surface area contributed by atoms with E-state index in [1.165, 1.54) is 45.2 Å². The zero-order valence-electron chi connectivity index (χ0n) is 16.9. The highest BCUT2D eigenvalue weighted by molar-refractivity contribution is 5.76. The number of carbonyl (C=O) groups excluding carboxylic acids is 1. The molecule has 2 aliphatic rings. The number of fused-ring (bicyclic) bond motifs is 1. The minimum Gasteiger partial charge on any atom is -0.385 e. The van der Waals surface area contributed by atoms with Crippen molar-refractivity contribution in [3.05, 3.63) is 18.5 Å². The Hall–Kier alpha value is -1.40. The Kier molecular flexibility index (Phi) is 8.14. The number of rotatable bonds is 10. The van der Waals surface area contributed by atoms with Gasteiger partial charge in [0.2, 0.25) is 5.91 Å². The van der Waals surface area contributed by atoms with Crippen molar-refractivity contribution in [1.29, 1.82) is 0 Å². The molecular formula is C21H36N4O2. The van der Waals surface area contributed by atoms with Crippen LogP contribution in [0.3, 0.4) is 0 Å². The molecule has 2 atom stereocenters. The fourth-order valence-corrected chi connectivity index (χ4v) is 4.77. The van der Waals surface area contributed by atoms with Crippen molar-refractivity contribution in [2.45, 2.75) is 64.0 Å². The molecule has 0 aromatic carbocycles. The molecule has 0 aliphatic carbocycles. The number of aromatic nitrogens is 2. The average molecular weight is 377 g/mol. The molecule has 1 aromatic heterocycles. The topological polar surface area (TPSA) is 50.6 Å². The van der Waals surface area contributed by atoms with Crippen molar-refractivity contribution >= 4 is 5.91 Å². The molecule has 0 spiro atoms. The van der Waals surface area contributed by atoms with E-state index in [0.717, 1.165) is 39.1 Å². The van der Waals surface area contributed by atoms with Crippen molar-refractivity contribution < 1.29 is 9.53 Å². The Labute approximate surface area is 163 Å². The third kappa shape index (κ3) is 6.04. The molecule has 6 heteroatoms. The maximum absolute atomic E-state index is 12.9. The quantitative estimate of drug-likeness (QED) is 0.589. The van der Waals surface area contributed by atoms with Crippen LogP contribution >= 0.6 is 0 Å². The summed E-state index contributed by atoms with van der Waals surface area (Å²) < 4.78 is 7.13. The van der Waals surface area contributed by atoms with Crippen LogP contribution in [-0.2, 0) is 16.1 Å². The van der Waals surface area contributed by atoms with Crippen molar-refractivity contribution in [2.75, 3.05) is 39.9 Å². The molecule has 2 fully saturated rings. The predicted octanol–water partition coefficient (Wildman–Crippen LogP) is 2.79. The highest BCUT2D eigenvalue weighted by Gasteiger charge is 2.34. The Morgan fingerprint density at radius 3 is 2.93 bits per heavy atom. The summed E-state index contributed by atoms with van der Waals surface area (Å²) in [6, 6.07) is 2.62. The van der Waals surface area contributed by atoms with E-state index in [0.29, 0.717) is 24.3 Å². The summed E-state index contributed by atoms with van der Waals surface area (Å²) in [7, 11) is 1.73. The molecule has 3 heterocycles. The minimum atomic E-state index is 0.297. The molecule has 0 unspecified atom stereocenters. The maximum atomic E-state index is 12.9. The van der Waals surface area contributed by atoms with Crippen LogP contribution in [0.4, 0.5) is 0 Å². The van der Waals surface area contributed by atoms with Crippen molar-refractivity contribution in [3.8, 4) is 0 Å². The number of carbonyl (C=O) groups is 1. The Bertz CT molecular complexity index is 546. The Morgan fingerprint density at radius 2 is 2.11 bits per heavy atom. The summed E-state index contributed by atoms with van der Waals surface area (Å²) in [5.41, 5.74) is 0. The third-order valence-corrected chi connectivity index (χ3v) is 6.15. The van der Waals surface area contributed by atoms with E-state index < -0.39 is 0 Å². The van der Waals surface area contributed by atoms with Gasteiger partial charge in [-0.1, -0.05) is 6.42 Å². The van der Waals surface area contributed by atoms with Gasteiger partial charge in [-0.05, 0) is 63.6 Å². The number of hydrogen-bond donors (Lipinski definition) is 0. The van der Waals surface area contributed by atoms with E-state index in [9.17, 15) is 4.79 Å². The fraction of sp³-hybridized carbons (Fsp3) is 0.810. The lowest BCUT2D eigenvalue weighted by atomic mass is 9.83. The van der Waals surface area contributed by atoms with Crippen LogP contribution in [0.25, 0.3) is 0 Å². The lowest BCUT2D eigenvalue weighted by Crippen LogP contribution is -2.51. The van der Waals surface area contributed by atoms with Crippen LogP contribution in [0.2, 0.25) is 0 Å². The van der Waals surface area contributed by atoms with Crippen molar-refractivity contribution in [1.82, 2.24) is 19.6 Å². The van der Waals surface area contributed by atoms with Crippen LogP contribution in [0.15, 0.2) is 18.5 Å². The monoisotopic (exact) mass is 376 g/mol. The normalized spacial score (nSPS) is 23.1. The molecule has 0 bridgehead atoms. The molecule has 3 rings (SSSR count). The minimum absolute atomic E-state index is 0.297. The molecule has 1 amide bonds. The van der Waals surface area contributed by atoms with Gasteiger partial charge < -0.3 is 14.5 Å². The van der Waals surface area contributed by atoms with Gasteiger partial charge in [-0.25, -0.2) is 0 Å². The Balaban J connectivity index is 1.53. The average Bonchev–Trinajstić information content (AvgIpc) is 3.21. The highest BCUT2D eigenvalue weighted by Crippen LogP contribution is 2.31. The smallest absolute Gasteiger partial charge is 0.222 e. The van der Waals surface area contributed by atoms with E-state index in [4.69, 9.17) is 4.74 Å². The zero-order chi connectivity index (χ0) is 18.9. The summed E-state index contributed by atoms with van der Waals surface area (Å²) >= 11 is 0. The molecule has 1 aromatic rings. The van der Waals surface area contributed by atoms with Gasteiger partial charge in [0, 0.05) is 58.2 Å². The maximum Gasteiger partial charge on any atom is 0.222 e. The van der Waals surface area contributed by atoms with E-state index in [2.05, 4.69) is 14.9 Å². The molecule has 152 valence electrons. The standard InChI is InChI=1S/C21H36N4O2/c1-27-17-7-14-24(21(26)10-5-15-25-16-6-11-22-25)18-19-8-4-13-23-12-3-2-9-20(19)23/h6,11,16,19-20H,2-5,7-10,12-15,17-18H2,1H3/t19-,20-/m0/s1. The lowest BCUT2D eigenvalue weighted by Gasteiger charge is -2.45. The summed E-state index contributed by atoms with van der Waals surface area (Å²) in [6.07, 6.45) is 12.7. The molecule has 27 heavy (non-hydrogen) atoms. The van der Waals surface area contributed by atoms with Gasteiger partial charge in [0.25, 0.3) is 0 Å². The number of nitrogens with zero attached hydrogens (tertiary/aromatic N) is 4. The van der Waals surface area contributed by atoms with Crippen LogP contribution < -0.4 is 0 Å². The molecule has 0 N–H and O–H groups in total. The SMILES string of the molecule is COCCCN(C[C@@H]1CCCN2CCCC[C@@H]12)C(=O)CCCn1cccn1. The van der Waals surface area contributed by atoms with Gasteiger partial charge >= 0.3 is 0 Å². The van der Waals surface area contributed by atoms with Gasteiger partial charge in [0.15, 0.2) is 0 Å². The van der Waals surface area contributed by atoms with E-state index >= 15 is 0 Å². The second-order valence-electron chi connectivity index (χ2n) is 8.06. The Morgan fingerprint density at radius 1 is 1.22 bits per heavy atom. The molecular weight excluding hydrogens is 340 g/mol. The number of amides is 1. The molecule has 2 saturated heterocycles. The number of aryl methyl sites for hydroxylation is 1.